The van der Waals surface area contributed by atoms with Gasteiger partial charge in [0, 0.05) is 13.1 Å². The van der Waals surface area contributed by atoms with Gasteiger partial charge in [-0.2, -0.15) is 0 Å². The van der Waals surface area contributed by atoms with Crippen LogP contribution in [-0.4, -0.2) is 29.4 Å². The van der Waals surface area contributed by atoms with Crippen molar-refractivity contribution in [3.8, 4) is 0 Å². The molecule has 0 aliphatic rings. The van der Waals surface area contributed by atoms with E-state index < -0.39 is 0 Å². The number of hydrogen-bond donors (Lipinski definition) is 3. The fourth-order valence-electron chi connectivity index (χ4n) is 0.463. The summed E-state index contributed by atoms with van der Waals surface area (Å²) in [6.45, 7) is 5.00. The third-order valence-electron chi connectivity index (χ3n) is 0.895. The molecule has 0 heterocycles. The number of rotatable bonds is 3. The Morgan fingerprint density at radius 1 is 1.60 bits per heavy atom. The minimum Gasteiger partial charge on any atom is -0.392 e. The van der Waals surface area contributed by atoms with Crippen molar-refractivity contribution in [3.63, 3.8) is 0 Å². The Kier molecular flexibility index (Phi) is 5.25. The van der Waals surface area contributed by atoms with Crippen LogP contribution in [0.5, 0.6) is 0 Å². The van der Waals surface area contributed by atoms with Gasteiger partial charge >= 0.3 is 0 Å². The number of aliphatic hydroxyl groups is 1. The summed E-state index contributed by atoms with van der Waals surface area (Å²) in [6, 6.07) is 0. The van der Waals surface area contributed by atoms with Crippen LogP contribution in [0.15, 0.2) is 0 Å². The van der Waals surface area contributed by atoms with Gasteiger partial charge < -0.3 is 15.7 Å². The van der Waals surface area contributed by atoms with Crippen molar-refractivity contribution < 1.29 is 5.11 Å². The number of hydrogen-bond acceptors (Lipinski definition) is 2. The fraction of sp³-hybridized carbons (Fsp3) is 0.833. The van der Waals surface area contributed by atoms with Crippen LogP contribution in [0.3, 0.4) is 0 Å². The average Bonchev–Trinajstić information content (AvgIpc) is 1.85. The first-order chi connectivity index (χ1) is 4.66. The van der Waals surface area contributed by atoms with E-state index in [9.17, 15) is 0 Å². The zero-order chi connectivity index (χ0) is 7.98. The molecule has 0 rings (SSSR count). The topological polar surface area (TPSA) is 44.3 Å². The molecule has 0 radical (unpaired) electrons. The van der Waals surface area contributed by atoms with E-state index in [0.717, 1.165) is 6.54 Å². The molecule has 0 aliphatic carbocycles. The molecule has 0 saturated carbocycles. The van der Waals surface area contributed by atoms with Gasteiger partial charge in [-0.15, -0.1) is 0 Å². The minimum absolute atomic E-state index is 0.350. The lowest BCUT2D eigenvalue weighted by molar-refractivity contribution is 0.198. The van der Waals surface area contributed by atoms with Crippen LogP contribution in [0.2, 0.25) is 0 Å². The van der Waals surface area contributed by atoms with Gasteiger partial charge in [0.2, 0.25) is 0 Å². The molecule has 0 aromatic carbocycles. The van der Waals surface area contributed by atoms with Gasteiger partial charge in [-0.3, -0.25) is 0 Å². The highest BCUT2D eigenvalue weighted by Crippen LogP contribution is 1.74. The lowest BCUT2D eigenvalue weighted by Gasteiger charge is -2.09. The molecule has 4 heteroatoms. The summed E-state index contributed by atoms with van der Waals surface area (Å²) < 4.78 is 0. The maximum absolute atomic E-state index is 8.82. The summed E-state index contributed by atoms with van der Waals surface area (Å²) in [4.78, 5) is 0. The van der Waals surface area contributed by atoms with Gasteiger partial charge in [0.1, 0.15) is 0 Å². The zero-order valence-electron chi connectivity index (χ0n) is 6.35. The lowest BCUT2D eigenvalue weighted by atomic mass is 10.4. The molecule has 10 heavy (non-hydrogen) atoms. The van der Waals surface area contributed by atoms with Gasteiger partial charge in [-0.1, -0.05) is 0 Å². The van der Waals surface area contributed by atoms with Gasteiger partial charge in [-0.05, 0) is 26.1 Å². The molecule has 0 aromatic rings. The largest absolute Gasteiger partial charge is 0.392 e. The Morgan fingerprint density at radius 3 is 2.60 bits per heavy atom. The maximum Gasteiger partial charge on any atom is 0.166 e. The first kappa shape index (κ1) is 9.65. The van der Waals surface area contributed by atoms with Gasteiger partial charge in [0.15, 0.2) is 5.11 Å². The van der Waals surface area contributed by atoms with Crippen molar-refractivity contribution in [1.29, 1.82) is 0 Å². The maximum atomic E-state index is 8.82. The van der Waals surface area contributed by atoms with E-state index in [4.69, 9.17) is 17.3 Å². The van der Waals surface area contributed by atoms with Gasteiger partial charge in [0.05, 0.1) is 6.10 Å². The molecule has 0 aromatic heterocycles. The van der Waals surface area contributed by atoms with Crippen molar-refractivity contribution >= 4 is 17.3 Å². The van der Waals surface area contributed by atoms with Crippen LogP contribution in [0.25, 0.3) is 0 Å². The van der Waals surface area contributed by atoms with Crippen molar-refractivity contribution in [2.24, 2.45) is 0 Å². The van der Waals surface area contributed by atoms with Gasteiger partial charge in [-0.25, -0.2) is 0 Å². The lowest BCUT2D eigenvalue weighted by Crippen LogP contribution is -2.38. The van der Waals surface area contributed by atoms with E-state index in [1.165, 1.54) is 0 Å². The van der Waals surface area contributed by atoms with Crippen LogP contribution in [0.4, 0.5) is 0 Å². The van der Waals surface area contributed by atoms with E-state index in [1.54, 1.807) is 6.92 Å². The number of aliphatic hydroxyl groups excluding tert-OH is 1. The smallest absolute Gasteiger partial charge is 0.166 e. The van der Waals surface area contributed by atoms with Crippen molar-refractivity contribution in [1.82, 2.24) is 10.6 Å². The average molecular weight is 162 g/mol. The fourth-order valence-corrected chi connectivity index (χ4v) is 0.691. The summed E-state index contributed by atoms with van der Waals surface area (Å²) in [5.41, 5.74) is 0. The molecule has 3 nitrogen and oxygen atoms in total. The van der Waals surface area contributed by atoms with Crippen LogP contribution < -0.4 is 10.6 Å². The third kappa shape index (κ3) is 5.78. The molecular formula is C6H14N2OS. The van der Waals surface area contributed by atoms with Gasteiger partial charge in [0.25, 0.3) is 0 Å². The Morgan fingerprint density at radius 2 is 2.20 bits per heavy atom. The second-order valence-electron chi connectivity index (χ2n) is 2.09. The zero-order valence-corrected chi connectivity index (χ0v) is 7.16. The van der Waals surface area contributed by atoms with E-state index in [2.05, 4.69) is 10.6 Å². The summed E-state index contributed by atoms with van der Waals surface area (Å²) in [7, 11) is 0. The highest BCUT2D eigenvalue weighted by Gasteiger charge is 1.95. The first-order valence-corrected chi connectivity index (χ1v) is 3.77. The van der Waals surface area contributed by atoms with E-state index in [1.807, 2.05) is 6.92 Å². The molecule has 0 fully saturated rings. The summed E-state index contributed by atoms with van der Waals surface area (Å²) in [5, 5.41) is 15.2. The standard InChI is InChI=1S/C6H14N2OS/c1-3-7-6(10)8-4-5(2)9/h5,9H,3-4H2,1-2H3,(H2,7,8,10). The molecule has 0 amide bonds. The Bertz CT molecular complexity index is 106. The molecule has 1 unspecified atom stereocenters. The molecule has 0 bridgehead atoms. The number of nitrogens with one attached hydrogen (secondary N) is 2. The van der Waals surface area contributed by atoms with E-state index in [-0.39, 0.29) is 6.10 Å². The second kappa shape index (κ2) is 5.44. The van der Waals surface area contributed by atoms with Crippen LogP contribution in [0.1, 0.15) is 13.8 Å². The van der Waals surface area contributed by atoms with E-state index >= 15 is 0 Å². The van der Waals surface area contributed by atoms with Crippen LogP contribution >= 0.6 is 12.2 Å². The molecular weight excluding hydrogens is 148 g/mol. The molecule has 0 aliphatic heterocycles. The number of thiocarbonyl (C=S) groups is 1. The predicted octanol–water partition coefficient (Wildman–Crippen LogP) is -0.149. The Hall–Kier alpha value is -0.350. The summed E-state index contributed by atoms with van der Waals surface area (Å²) >= 11 is 4.84. The second-order valence-corrected chi connectivity index (χ2v) is 2.50. The molecule has 0 saturated heterocycles. The highest BCUT2D eigenvalue weighted by molar-refractivity contribution is 7.80. The van der Waals surface area contributed by atoms with Crippen molar-refractivity contribution in [2.45, 2.75) is 20.0 Å². The Labute approximate surface area is 66.8 Å². The van der Waals surface area contributed by atoms with E-state index in [0.29, 0.717) is 11.7 Å². The normalized spacial score (nSPS) is 12.3. The van der Waals surface area contributed by atoms with Crippen molar-refractivity contribution in [2.75, 3.05) is 13.1 Å². The molecule has 3 N–H and O–H groups in total. The van der Waals surface area contributed by atoms with Crippen LogP contribution in [0, 0.1) is 0 Å². The first-order valence-electron chi connectivity index (χ1n) is 3.36. The molecule has 0 spiro atoms. The quantitative estimate of drug-likeness (QED) is 0.505. The van der Waals surface area contributed by atoms with Crippen LogP contribution in [-0.2, 0) is 0 Å². The summed E-state index contributed by atoms with van der Waals surface area (Å²) in [6.07, 6.45) is -0.350. The predicted molar refractivity (Wildman–Crippen MR) is 46.0 cm³/mol. The monoisotopic (exact) mass is 162 g/mol. The SMILES string of the molecule is CCNC(=S)NCC(C)O. The Balaban J connectivity index is 3.22. The van der Waals surface area contributed by atoms with Crippen molar-refractivity contribution in [3.05, 3.63) is 0 Å². The third-order valence-corrected chi connectivity index (χ3v) is 1.18. The molecule has 60 valence electrons. The summed E-state index contributed by atoms with van der Waals surface area (Å²) in [5.74, 6) is 0. The highest BCUT2D eigenvalue weighted by atomic mass is 32.1. The minimum atomic E-state index is -0.350. The molecule has 1 atom stereocenters.